The van der Waals surface area contributed by atoms with Crippen LogP contribution >= 0.6 is 0 Å². The molecule has 3 nitrogen and oxygen atoms in total. The molecule has 156 valence electrons. The van der Waals surface area contributed by atoms with Crippen molar-refractivity contribution in [3.8, 4) is 0 Å². The molecule has 0 spiro atoms. The lowest BCUT2D eigenvalue weighted by molar-refractivity contribution is -0.129. The fourth-order valence-corrected chi connectivity index (χ4v) is 7.66. The minimum absolute atomic E-state index is 0.114. The molecular weight excluding hydrogens is 392 g/mol. The summed E-state index contributed by atoms with van der Waals surface area (Å²) in [6, 6.07) is 14.6. The summed E-state index contributed by atoms with van der Waals surface area (Å²) in [6.07, 6.45) is 5.85. The van der Waals surface area contributed by atoms with Gasteiger partial charge >= 0.3 is 0 Å². The van der Waals surface area contributed by atoms with Gasteiger partial charge in [0.25, 0.3) is 0 Å². The van der Waals surface area contributed by atoms with Crippen molar-refractivity contribution in [2.24, 2.45) is 17.3 Å². The van der Waals surface area contributed by atoms with Crippen molar-refractivity contribution in [2.75, 3.05) is 0 Å². The van der Waals surface area contributed by atoms with Crippen LogP contribution in [0.5, 0.6) is 0 Å². The molecule has 0 aliphatic heterocycles. The molecular formula is C26H28O3S. The third kappa shape index (κ3) is 2.84. The van der Waals surface area contributed by atoms with Gasteiger partial charge in [-0.15, -0.1) is 0 Å². The van der Waals surface area contributed by atoms with E-state index in [1.54, 1.807) is 24.3 Å². The Morgan fingerprint density at radius 3 is 2.57 bits per heavy atom. The molecule has 2 fully saturated rings. The second-order valence-electron chi connectivity index (χ2n) is 9.49. The molecule has 0 N–H and O–H groups in total. The lowest BCUT2D eigenvalue weighted by Crippen LogP contribution is -2.42. The molecule has 0 bridgehead atoms. The van der Waals surface area contributed by atoms with Crippen molar-refractivity contribution in [1.29, 1.82) is 0 Å². The molecule has 0 unspecified atom stereocenters. The molecule has 0 saturated heterocycles. The average molecular weight is 421 g/mol. The molecule has 3 aliphatic carbocycles. The molecule has 2 aromatic rings. The van der Waals surface area contributed by atoms with Gasteiger partial charge in [0.1, 0.15) is 5.78 Å². The zero-order chi connectivity index (χ0) is 21.1. The first-order valence-electron chi connectivity index (χ1n) is 11.0. The maximum absolute atomic E-state index is 13.0. The van der Waals surface area contributed by atoms with Crippen molar-refractivity contribution >= 4 is 20.5 Å². The van der Waals surface area contributed by atoms with E-state index < -0.39 is 9.84 Å². The molecule has 2 aromatic carbocycles. The highest BCUT2D eigenvalue weighted by Gasteiger charge is 2.54. The maximum atomic E-state index is 13.0. The van der Waals surface area contributed by atoms with Gasteiger partial charge in [-0.25, -0.2) is 8.42 Å². The number of ketones is 1. The number of Topliss-reactive ketones (excluding diaryl/α,β-unsaturated/α-hetero) is 1. The molecule has 0 heterocycles. The number of hydrogen-bond acceptors (Lipinski definition) is 3. The van der Waals surface area contributed by atoms with Gasteiger partial charge in [-0.2, -0.15) is 0 Å². The summed E-state index contributed by atoms with van der Waals surface area (Å²) in [5.41, 5.74) is 3.19. The summed E-state index contributed by atoms with van der Waals surface area (Å²) >= 11 is 0. The molecule has 4 heteroatoms. The van der Waals surface area contributed by atoms with Crippen molar-refractivity contribution in [3.05, 3.63) is 71.8 Å². The fourth-order valence-electron chi connectivity index (χ4n) is 6.42. The first kappa shape index (κ1) is 19.7. The van der Waals surface area contributed by atoms with Crippen LogP contribution in [0.15, 0.2) is 60.0 Å². The maximum Gasteiger partial charge on any atom is 0.206 e. The Morgan fingerprint density at radius 1 is 1.03 bits per heavy atom. The minimum atomic E-state index is -3.60. The van der Waals surface area contributed by atoms with E-state index >= 15 is 0 Å². The standard InChI is InChI=1S/C26H28O3S/c1-17(30(28,29)20-6-4-3-5-7-20)18-8-10-21-19(16-18)9-11-23-22(21)14-15-26(2)24(23)12-13-25(26)27/h3-8,10,16,22-24H,1,9,11-15H2,2H3/t22-,23-,24+,26+/m1/s1. The molecule has 30 heavy (non-hydrogen) atoms. The van der Waals surface area contributed by atoms with Crippen LogP contribution in [0.25, 0.3) is 4.91 Å². The van der Waals surface area contributed by atoms with Crippen LogP contribution in [-0.2, 0) is 21.1 Å². The number of aryl methyl sites for hydroxylation is 1. The number of hydrogen-bond donors (Lipinski definition) is 0. The van der Waals surface area contributed by atoms with Crippen LogP contribution in [0.3, 0.4) is 0 Å². The van der Waals surface area contributed by atoms with Crippen molar-refractivity contribution in [3.63, 3.8) is 0 Å². The number of sulfone groups is 1. The highest BCUT2D eigenvalue weighted by atomic mass is 32.2. The smallest absolute Gasteiger partial charge is 0.206 e. The van der Waals surface area contributed by atoms with Crippen molar-refractivity contribution in [1.82, 2.24) is 0 Å². The van der Waals surface area contributed by atoms with E-state index in [0.717, 1.165) is 38.5 Å². The van der Waals surface area contributed by atoms with E-state index in [-0.39, 0.29) is 15.2 Å². The quantitative estimate of drug-likeness (QED) is 0.653. The molecule has 2 saturated carbocycles. The molecule has 0 amide bonds. The number of fused-ring (bicyclic) bond motifs is 5. The van der Waals surface area contributed by atoms with E-state index in [9.17, 15) is 13.2 Å². The second-order valence-corrected chi connectivity index (χ2v) is 11.5. The summed E-state index contributed by atoms with van der Waals surface area (Å²) in [4.78, 5) is 13.0. The summed E-state index contributed by atoms with van der Waals surface area (Å²) in [5.74, 6) is 2.04. The van der Waals surface area contributed by atoms with Crippen LogP contribution in [0, 0.1) is 17.3 Å². The van der Waals surface area contributed by atoms with Gasteiger partial charge in [0.05, 0.1) is 9.80 Å². The zero-order valence-corrected chi connectivity index (χ0v) is 18.3. The molecule has 3 aliphatic rings. The van der Waals surface area contributed by atoms with Gasteiger partial charge < -0.3 is 0 Å². The van der Waals surface area contributed by atoms with Crippen molar-refractivity contribution < 1.29 is 13.2 Å². The SMILES string of the molecule is C=C(c1ccc2c(c1)CC[C@@H]1[C@@H]2CC[C@]2(C)C(=O)CC[C@@H]12)S(=O)(=O)c1ccccc1. The van der Waals surface area contributed by atoms with Gasteiger partial charge in [-0.05, 0) is 78.7 Å². The van der Waals surface area contributed by atoms with Gasteiger partial charge in [0, 0.05) is 11.8 Å². The second kappa shape index (κ2) is 6.91. The lowest BCUT2D eigenvalue weighted by Gasteiger charge is -2.48. The van der Waals surface area contributed by atoms with Gasteiger partial charge in [0.15, 0.2) is 0 Å². The molecule has 4 atom stereocenters. The van der Waals surface area contributed by atoms with Crippen LogP contribution < -0.4 is 0 Å². The molecule has 0 aromatic heterocycles. The number of carbonyl (C=O) groups excluding carboxylic acids is 1. The van der Waals surface area contributed by atoms with Gasteiger partial charge in [0.2, 0.25) is 9.84 Å². The van der Waals surface area contributed by atoms with Crippen LogP contribution in [0.2, 0.25) is 0 Å². The Labute approximate surface area is 179 Å². The van der Waals surface area contributed by atoms with Crippen molar-refractivity contribution in [2.45, 2.75) is 56.3 Å². The Kier molecular flexibility index (Phi) is 4.55. The summed E-state index contributed by atoms with van der Waals surface area (Å²) in [6.45, 7) is 6.13. The summed E-state index contributed by atoms with van der Waals surface area (Å²) in [5, 5.41) is 0. The fraction of sp³-hybridized carbons (Fsp3) is 0.423. The Morgan fingerprint density at radius 2 is 1.80 bits per heavy atom. The van der Waals surface area contributed by atoms with E-state index in [1.807, 2.05) is 18.2 Å². The first-order valence-corrected chi connectivity index (χ1v) is 12.5. The zero-order valence-electron chi connectivity index (χ0n) is 17.4. The Bertz CT molecular complexity index is 1130. The third-order valence-electron chi connectivity index (χ3n) is 8.14. The Hall–Kier alpha value is -2.20. The van der Waals surface area contributed by atoms with Gasteiger partial charge in [-0.3, -0.25) is 4.79 Å². The number of rotatable bonds is 3. The van der Waals surface area contributed by atoms with E-state index in [1.165, 1.54) is 11.1 Å². The normalized spacial score (nSPS) is 30.3. The van der Waals surface area contributed by atoms with E-state index in [2.05, 4.69) is 19.6 Å². The molecule has 0 radical (unpaired) electrons. The van der Waals surface area contributed by atoms with Crippen LogP contribution in [0.1, 0.15) is 61.6 Å². The topological polar surface area (TPSA) is 51.2 Å². The largest absolute Gasteiger partial charge is 0.299 e. The minimum Gasteiger partial charge on any atom is -0.299 e. The van der Waals surface area contributed by atoms with E-state index in [4.69, 9.17) is 0 Å². The predicted octanol–water partition coefficient (Wildman–Crippen LogP) is 5.56. The highest BCUT2D eigenvalue weighted by Crippen LogP contribution is 2.59. The molecule has 5 rings (SSSR count). The van der Waals surface area contributed by atoms with E-state index in [0.29, 0.717) is 29.1 Å². The highest BCUT2D eigenvalue weighted by molar-refractivity contribution is 8.00. The first-order chi connectivity index (χ1) is 14.3. The third-order valence-corrected chi connectivity index (χ3v) is 9.91. The average Bonchev–Trinajstić information content (AvgIpc) is 3.07. The number of benzene rings is 2. The van der Waals surface area contributed by atoms with Crippen LogP contribution in [-0.4, -0.2) is 14.2 Å². The van der Waals surface area contributed by atoms with Gasteiger partial charge in [-0.1, -0.05) is 49.9 Å². The predicted molar refractivity (Wildman–Crippen MR) is 119 cm³/mol. The lowest BCUT2D eigenvalue weighted by atomic mass is 9.55. The number of carbonyl (C=O) groups is 1. The monoisotopic (exact) mass is 420 g/mol. The van der Waals surface area contributed by atoms with Crippen LogP contribution in [0.4, 0.5) is 0 Å². The Balaban J connectivity index is 1.46. The summed E-state index contributed by atoms with van der Waals surface area (Å²) < 4.78 is 26.0. The summed E-state index contributed by atoms with van der Waals surface area (Å²) in [7, 11) is -3.60.